The number of halogens is 1. The van der Waals surface area contributed by atoms with Crippen LogP contribution < -0.4 is 10.2 Å². The van der Waals surface area contributed by atoms with Gasteiger partial charge in [-0.2, -0.15) is 0 Å². The molecule has 3 saturated heterocycles. The third kappa shape index (κ3) is 5.91. The highest BCUT2D eigenvalue weighted by atomic mass is 79.9. The monoisotopic (exact) mass is 659 g/mol. The van der Waals surface area contributed by atoms with Gasteiger partial charge in [0.25, 0.3) is 5.91 Å². The molecule has 3 aliphatic rings. The minimum Gasteiger partial charge on any atom is -0.460 e. The number of rotatable bonds is 13. The van der Waals surface area contributed by atoms with Crippen LogP contribution in [0.4, 0.5) is 5.69 Å². The number of esters is 1. The van der Waals surface area contributed by atoms with Gasteiger partial charge in [0.1, 0.15) is 17.7 Å². The molecule has 11 heteroatoms. The smallest absolute Gasteiger partial charge is 0.312 e. The normalized spacial score (nSPS) is 28.7. The number of anilines is 1. The van der Waals surface area contributed by atoms with Crippen LogP contribution in [-0.4, -0.2) is 88.1 Å². The first kappa shape index (κ1) is 32.9. The van der Waals surface area contributed by atoms with E-state index in [1.807, 2.05) is 32.0 Å². The lowest BCUT2D eigenvalue weighted by Gasteiger charge is -2.39. The summed E-state index contributed by atoms with van der Waals surface area (Å²) in [4.78, 5) is 57.3. The van der Waals surface area contributed by atoms with Gasteiger partial charge in [0.2, 0.25) is 11.8 Å². The van der Waals surface area contributed by atoms with E-state index < -0.39 is 53.6 Å². The number of aliphatic hydroxyl groups is 1. The topological polar surface area (TPSA) is 125 Å². The number of carbonyl (C=O) groups excluding carboxylic acids is 4. The molecule has 1 aromatic rings. The number of amides is 3. The largest absolute Gasteiger partial charge is 0.460 e. The number of nitrogens with zero attached hydrogens (tertiary/aromatic N) is 2. The minimum absolute atomic E-state index is 0.114. The first-order valence-corrected chi connectivity index (χ1v) is 15.7. The second-order valence-electron chi connectivity index (χ2n) is 11.8. The molecule has 3 amide bonds. The number of carbonyl (C=O) groups is 4. The van der Waals surface area contributed by atoms with Gasteiger partial charge in [-0.15, -0.1) is 13.2 Å². The van der Waals surface area contributed by atoms with Crippen LogP contribution in [0.15, 0.2) is 43.5 Å². The Kier molecular flexibility index (Phi) is 10.2. The molecule has 1 spiro atoms. The summed E-state index contributed by atoms with van der Waals surface area (Å²) in [5, 5.41) is 12.9. The van der Waals surface area contributed by atoms with Gasteiger partial charge in [-0.25, -0.2) is 0 Å². The summed E-state index contributed by atoms with van der Waals surface area (Å²) in [6.45, 7) is 14.6. The van der Waals surface area contributed by atoms with Crippen LogP contribution in [0.3, 0.4) is 0 Å². The second-order valence-corrected chi connectivity index (χ2v) is 13.0. The molecule has 1 aromatic carbocycles. The van der Waals surface area contributed by atoms with Gasteiger partial charge in [0.15, 0.2) is 0 Å². The Balaban J connectivity index is 1.68. The maximum atomic E-state index is 14.7. The Morgan fingerprint density at radius 3 is 2.53 bits per heavy atom. The number of ether oxygens (including phenoxy) is 2. The van der Waals surface area contributed by atoms with Crippen LogP contribution in [0.1, 0.15) is 44.2 Å². The van der Waals surface area contributed by atoms with Crippen LogP contribution in [-0.2, 0) is 28.7 Å². The number of para-hydroxylation sites is 1. The van der Waals surface area contributed by atoms with Crippen molar-refractivity contribution in [3.05, 3.63) is 54.6 Å². The lowest BCUT2D eigenvalue weighted by Crippen LogP contribution is -2.59. The highest BCUT2D eigenvalue weighted by molar-refractivity contribution is 9.09. The molecule has 3 fully saturated rings. The van der Waals surface area contributed by atoms with E-state index in [9.17, 15) is 24.3 Å². The molecule has 10 nitrogen and oxygen atoms in total. The average Bonchev–Trinajstić information content (AvgIpc) is 3.56. The number of hydrogen-bond acceptors (Lipinski definition) is 7. The lowest BCUT2D eigenvalue weighted by molar-refractivity contribution is -0.159. The first-order chi connectivity index (χ1) is 20.4. The molecule has 43 heavy (non-hydrogen) atoms. The van der Waals surface area contributed by atoms with Gasteiger partial charge < -0.3 is 29.7 Å². The number of benzene rings is 1. The third-order valence-electron chi connectivity index (χ3n) is 8.74. The zero-order valence-corrected chi connectivity index (χ0v) is 26.8. The number of likely N-dealkylation sites (tertiary alicyclic amines) is 1. The minimum atomic E-state index is -1.31. The molecule has 8 atom stereocenters. The average molecular weight is 661 g/mol. The number of fused-ring (bicyclic) bond motifs is 1. The molecule has 3 aliphatic heterocycles. The fourth-order valence-corrected chi connectivity index (χ4v) is 7.82. The van der Waals surface area contributed by atoms with E-state index >= 15 is 0 Å². The second kappa shape index (κ2) is 13.3. The van der Waals surface area contributed by atoms with Crippen molar-refractivity contribution in [2.24, 2.45) is 11.8 Å². The summed E-state index contributed by atoms with van der Waals surface area (Å²) in [5.74, 6) is -3.53. The molecule has 0 aliphatic carbocycles. The van der Waals surface area contributed by atoms with Crippen molar-refractivity contribution in [3.8, 4) is 0 Å². The number of alkyl halides is 1. The number of aryl methyl sites for hydroxylation is 2. The molecule has 0 aromatic heterocycles. The molecule has 0 radical (unpaired) electrons. The maximum Gasteiger partial charge on any atom is 0.312 e. The van der Waals surface area contributed by atoms with Gasteiger partial charge in [-0.3, -0.25) is 19.2 Å². The van der Waals surface area contributed by atoms with Crippen molar-refractivity contribution < 1.29 is 33.8 Å². The summed E-state index contributed by atoms with van der Waals surface area (Å²) >= 11 is 3.66. The van der Waals surface area contributed by atoms with Crippen LogP contribution in [0.5, 0.6) is 0 Å². The van der Waals surface area contributed by atoms with Crippen LogP contribution >= 0.6 is 15.9 Å². The molecule has 4 rings (SSSR count). The summed E-state index contributed by atoms with van der Waals surface area (Å²) in [7, 11) is 0. The fraction of sp³-hybridized carbons (Fsp3) is 0.562. The highest BCUT2D eigenvalue weighted by Gasteiger charge is 2.77. The SMILES string of the molecule is C=CCCC(=O)NC[C@H](C)OC(=O)[C@@H]1[C@H]2O[C@@]3(CC2Br)[C@H](C(=O)N(CC=C)c2c(C)cccc2C)N([C@H](C)CO)C(=O)[C@@H]13. The Labute approximate surface area is 261 Å². The van der Waals surface area contributed by atoms with E-state index in [1.54, 1.807) is 30.9 Å². The van der Waals surface area contributed by atoms with Crippen molar-refractivity contribution in [3.63, 3.8) is 0 Å². The lowest BCUT2D eigenvalue weighted by atomic mass is 9.70. The van der Waals surface area contributed by atoms with Crippen molar-refractivity contribution in [2.45, 2.75) is 81.7 Å². The third-order valence-corrected chi connectivity index (χ3v) is 9.58. The van der Waals surface area contributed by atoms with Crippen LogP contribution in [0, 0.1) is 25.7 Å². The van der Waals surface area contributed by atoms with Crippen LogP contribution in [0.2, 0.25) is 0 Å². The Bertz CT molecular complexity index is 1270. The standard InChI is InChI=1S/C32H42BrN3O7/c1-7-9-13-23(38)34-16-21(6)42-31(41)24-25-29(39)36(20(5)17-37)28(32(25)15-22(33)27(24)43-32)30(40)35(14-8-2)26-18(3)11-10-12-19(26)4/h7-8,10-12,20-22,24-25,27-28,37H,1-2,9,13-17H2,3-6H3,(H,34,38)/t20-,21+,22?,24+,25-,27+,28+,32-/m1/s1. The number of aliphatic hydroxyl groups excluding tert-OH is 1. The predicted molar refractivity (Wildman–Crippen MR) is 166 cm³/mol. The number of hydrogen-bond donors (Lipinski definition) is 2. The van der Waals surface area contributed by atoms with Crippen LogP contribution in [0.25, 0.3) is 0 Å². The molecule has 2 bridgehead atoms. The molecule has 2 N–H and O–H groups in total. The zero-order valence-electron chi connectivity index (χ0n) is 25.3. The molecular formula is C32H42BrN3O7. The quantitative estimate of drug-likeness (QED) is 0.189. The van der Waals surface area contributed by atoms with Crippen molar-refractivity contribution in [1.29, 1.82) is 0 Å². The summed E-state index contributed by atoms with van der Waals surface area (Å²) < 4.78 is 12.3. The summed E-state index contributed by atoms with van der Waals surface area (Å²) in [5.41, 5.74) is 1.19. The van der Waals surface area contributed by atoms with E-state index in [4.69, 9.17) is 9.47 Å². The number of nitrogens with one attached hydrogen (secondary N) is 1. The molecule has 3 heterocycles. The Hall–Kier alpha value is -3.02. The van der Waals surface area contributed by atoms with E-state index in [1.165, 1.54) is 4.90 Å². The van der Waals surface area contributed by atoms with Gasteiger partial charge >= 0.3 is 5.97 Å². The Morgan fingerprint density at radius 2 is 1.93 bits per heavy atom. The van der Waals surface area contributed by atoms with Crippen molar-refractivity contribution >= 4 is 45.3 Å². The molecule has 1 unspecified atom stereocenters. The van der Waals surface area contributed by atoms with E-state index in [-0.39, 0.29) is 42.8 Å². The van der Waals surface area contributed by atoms with Gasteiger partial charge in [0.05, 0.1) is 37.1 Å². The van der Waals surface area contributed by atoms with Gasteiger partial charge in [-0.1, -0.05) is 46.3 Å². The zero-order chi connectivity index (χ0) is 31.6. The number of allylic oxidation sites excluding steroid dienone is 1. The molecule has 234 valence electrons. The first-order valence-electron chi connectivity index (χ1n) is 14.7. The van der Waals surface area contributed by atoms with E-state index in [0.717, 1.165) is 16.8 Å². The maximum absolute atomic E-state index is 14.7. The molecule has 0 saturated carbocycles. The highest BCUT2D eigenvalue weighted by Crippen LogP contribution is 2.60. The molecular weight excluding hydrogens is 618 g/mol. The predicted octanol–water partition coefficient (Wildman–Crippen LogP) is 2.97. The van der Waals surface area contributed by atoms with Gasteiger partial charge in [0, 0.05) is 23.5 Å². The fourth-order valence-electron chi connectivity index (χ4n) is 6.88. The van der Waals surface area contributed by atoms with Gasteiger partial charge in [-0.05, 0) is 51.7 Å². The Morgan fingerprint density at radius 1 is 1.26 bits per heavy atom. The summed E-state index contributed by atoms with van der Waals surface area (Å²) in [6.07, 6.45) is 3.09. The van der Waals surface area contributed by atoms with Crippen molar-refractivity contribution in [1.82, 2.24) is 10.2 Å². The van der Waals surface area contributed by atoms with Crippen molar-refractivity contribution in [2.75, 3.05) is 24.6 Å². The summed E-state index contributed by atoms with van der Waals surface area (Å²) in [6, 6.07) is 3.96. The van der Waals surface area contributed by atoms with E-state index in [0.29, 0.717) is 12.8 Å². The van der Waals surface area contributed by atoms with E-state index in [2.05, 4.69) is 34.4 Å².